The zero-order chi connectivity index (χ0) is 12.9. The van der Waals surface area contributed by atoms with Crippen LogP contribution < -0.4 is 10.0 Å². The average Bonchev–Trinajstić information content (AvgIpc) is 2.60. The summed E-state index contributed by atoms with van der Waals surface area (Å²) in [6.45, 7) is -0.413. The molecule has 0 atom stereocenters. The first-order valence-corrected chi connectivity index (χ1v) is 6.40. The standard InChI is InChI=1S/C13H8INO3/c14-9-4-5-10-12-7(9)2-1-3-8(12)13(18)15(10)6-11(16)17/h1-5H,6H2,(H,16,17)/p-1. The van der Waals surface area contributed by atoms with E-state index in [9.17, 15) is 14.7 Å². The first-order chi connectivity index (χ1) is 8.59. The molecule has 5 heteroatoms. The van der Waals surface area contributed by atoms with Gasteiger partial charge in [0.2, 0.25) is 0 Å². The smallest absolute Gasteiger partial charge is 0.259 e. The lowest BCUT2D eigenvalue weighted by Crippen LogP contribution is -2.39. The largest absolute Gasteiger partial charge is 0.548 e. The predicted molar refractivity (Wildman–Crippen MR) is 73.3 cm³/mol. The Labute approximate surface area is 116 Å². The molecule has 1 heterocycles. The summed E-state index contributed by atoms with van der Waals surface area (Å²) in [5, 5.41) is 12.5. The van der Waals surface area contributed by atoms with Crippen molar-refractivity contribution < 1.29 is 14.7 Å². The molecule has 0 aromatic heterocycles. The number of rotatable bonds is 2. The number of carboxylic acids is 1. The van der Waals surface area contributed by atoms with Crippen LogP contribution in [-0.4, -0.2) is 18.4 Å². The average molecular weight is 352 g/mol. The number of carboxylic acid groups (broad SMARTS) is 1. The van der Waals surface area contributed by atoms with Gasteiger partial charge in [0.05, 0.1) is 18.2 Å². The van der Waals surface area contributed by atoms with E-state index >= 15 is 0 Å². The van der Waals surface area contributed by atoms with Crippen LogP contribution in [0.4, 0.5) is 5.69 Å². The maximum absolute atomic E-state index is 12.2. The Hall–Kier alpha value is -1.63. The molecule has 0 saturated heterocycles. The fourth-order valence-electron chi connectivity index (χ4n) is 2.30. The van der Waals surface area contributed by atoms with Gasteiger partial charge in [-0.05, 0) is 46.2 Å². The van der Waals surface area contributed by atoms with Crippen molar-refractivity contribution in [2.24, 2.45) is 0 Å². The molecule has 0 saturated carbocycles. The Balaban J connectivity index is 2.30. The number of aliphatic carboxylic acids is 1. The highest BCUT2D eigenvalue weighted by Gasteiger charge is 2.29. The van der Waals surface area contributed by atoms with Gasteiger partial charge in [0.1, 0.15) is 0 Å². The number of carbonyl (C=O) groups excluding carboxylic acids is 2. The monoisotopic (exact) mass is 352 g/mol. The molecule has 1 amide bonds. The summed E-state index contributed by atoms with van der Waals surface area (Å²) in [7, 11) is 0. The number of amides is 1. The van der Waals surface area contributed by atoms with Gasteiger partial charge in [-0.3, -0.25) is 4.79 Å². The third kappa shape index (κ3) is 1.50. The normalized spacial score (nSPS) is 13.4. The van der Waals surface area contributed by atoms with Crippen LogP contribution in [0.25, 0.3) is 10.8 Å². The summed E-state index contributed by atoms with van der Waals surface area (Å²) in [5.41, 5.74) is 1.21. The molecule has 0 N–H and O–H groups in total. The molecule has 0 aliphatic carbocycles. The predicted octanol–water partition coefficient (Wildman–Crippen LogP) is 1.15. The van der Waals surface area contributed by atoms with Gasteiger partial charge < -0.3 is 14.8 Å². The SMILES string of the molecule is O=C([O-])CN1C(=O)c2cccc3c(I)ccc1c23. The van der Waals surface area contributed by atoms with Crippen LogP contribution in [-0.2, 0) is 4.79 Å². The molecule has 0 fully saturated rings. The third-order valence-corrected chi connectivity index (χ3v) is 3.96. The van der Waals surface area contributed by atoms with Gasteiger partial charge in [0.15, 0.2) is 0 Å². The Morgan fingerprint density at radius 2 is 2.06 bits per heavy atom. The molecule has 0 spiro atoms. The number of anilines is 1. The van der Waals surface area contributed by atoms with E-state index in [0.29, 0.717) is 11.3 Å². The summed E-state index contributed by atoms with van der Waals surface area (Å²) in [6, 6.07) is 9.12. The Kier molecular flexibility index (Phi) is 2.51. The number of hydrogen-bond donors (Lipinski definition) is 0. The molecule has 1 aliphatic rings. The molecule has 2 aromatic rings. The van der Waals surface area contributed by atoms with Gasteiger partial charge in [-0.15, -0.1) is 0 Å². The Morgan fingerprint density at radius 3 is 2.78 bits per heavy atom. The second kappa shape index (κ2) is 3.94. The molecule has 2 aromatic carbocycles. The molecule has 3 rings (SSSR count). The van der Waals surface area contributed by atoms with Crippen molar-refractivity contribution in [1.29, 1.82) is 0 Å². The topological polar surface area (TPSA) is 60.4 Å². The van der Waals surface area contributed by atoms with Crippen LogP contribution in [0.2, 0.25) is 0 Å². The van der Waals surface area contributed by atoms with Gasteiger partial charge in [-0.25, -0.2) is 0 Å². The van der Waals surface area contributed by atoms with Crippen LogP contribution in [0.3, 0.4) is 0 Å². The number of nitrogens with zero attached hydrogens (tertiary/aromatic N) is 1. The molecule has 4 nitrogen and oxygen atoms in total. The summed E-state index contributed by atoms with van der Waals surface area (Å²) in [5.74, 6) is -1.54. The van der Waals surface area contributed by atoms with Crippen molar-refractivity contribution in [2.45, 2.75) is 0 Å². The second-order valence-corrected chi connectivity index (χ2v) is 5.22. The van der Waals surface area contributed by atoms with E-state index in [0.717, 1.165) is 14.3 Å². The zero-order valence-corrected chi connectivity index (χ0v) is 11.3. The van der Waals surface area contributed by atoms with Crippen LogP contribution in [0.15, 0.2) is 30.3 Å². The summed E-state index contributed by atoms with van der Waals surface area (Å²) < 4.78 is 1.04. The molecule has 90 valence electrons. The zero-order valence-electron chi connectivity index (χ0n) is 9.14. The lowest BCUT2D eigenvalue weighted by Gasteiger charge is -2.18. The van der Waals surface area contributed by atoms with E-state index in [1.54, 1.807) is 12.1 Å². The van der Waals surface area contributed by atoms with Gasteiger partial charge in [-0.1, -0.05) is 12.1 Å². The Morgan fingerprint density at radius 1 is 1.28 bits per heavy atom. The molecular weight excluding hydrogens is 345 g/mol. The lowest BCUT2D eigenvalue weighted by molar-refractivity contribution is -0.303. The van der Waals surface area contributed by atoms with E-state index in [2.05, 4.69) is 22.6 Å². The number of benzene rings is 2. The summed E-state index contributed by atoms with van der Waals surface area (Å²) >= 11 is 2.20. The van der Waals surface area contributed by atoms with Crippen molar-refractivity contribution >= 4 is 50.9 Å². The molecule has 0 unspecified atom stereocenters. The van der Waals surface area contributed by atoms with Crippen LogP contribution in [0.5, 0.6) is 0 Å². The van der Waals surface area contributed by atoms with E-state index in [1.165, 1.54) is 4.90 Å². The highest BCUT2D eigenvalue weighted by molar-refractivity contribution is 14.1. The fraction of sp³-hybridized carbons (Fsp3) is 0.0769. The Bertz CT molecular complexity index is 696. The fourth-order valence-corrected chi connectivity index (χ4v) is 2.93. The molecule has 0 radical (unpaired) electrons. The second-order valence-electron chi connectivity index (χ2n) is 4.06. The maximum atomic E-state index is 12.2. The van der Waals surface area contributed by atoms with Crippen LogP contribution in [0, 0.1) is 3.57 Å². The number of halogens is 1. The summed E-state index contributed by atoms with van der Waals surface area (Å²) in [6.07, 6.45) is 0. The van der Waals surface area contributed by atoms with E-state index < -0.39 is 12.5 Å². The third-order valence-electron chi connectivity index (χ3n) is 3.02. The van der Waals surface area contributed by atoms with Gasteiger partial charge in [0, 0.05) is 14.5 Å². The van der Waals surface area contributed by atoms with Crippen molar-refractivity contribution in [3.63, 3.8) is 0 Å². The first kappa shape index (κ1) is 11.5. The number of hydrogen-bond acceptors (Lipinski definition) is 3. The molecule has 1 aliphatic heterocycles. The van der Waals surface area contributed by atoms with Crippen molar-refractivity contribution in [3.8, 4) is 0 Å². The minimum Gasteiger partial charge on any atom is -0.548 e. The quantitative estimate of drug-likeness (QED) is 0.762. The van der Waals surface area contributed by atoms with E-state index in [4.69, 9.17) is 0 Å². The van der Waals surface area contributed by atoms with Gasteiger partial charge >= 0.3 is 0 Å². The lowest BCUT2D eigenvalue weighted by atomic mass is 10.1. The number of carbonyl (C=O) groups is 2. The molecule has 18 heavy (non-hydrogen) atoms. The van der Waals surface area contributed by atoms with Crippen molar-refractivity contribution in [3.05, 3.63) is 39.5 Å². The minimum atomic E-state index is -1.26. The highest BCUT2D eigenvalue weighted by atomic mass is 127. The van der Waals surface area contributed by atoms with Crippen LogP contribution >= 0.6 is 22.6 Å². The van der Waals surface area contributed by atoms with E-state index in [1.807, 2.05) is 18.2 Å². The highest BCUT2D eigenvalue weighted by Crippen LogP contribution is 2.38. The first-order valence-electron chi connectivity index (χ1n) is 5.32. The minimum absolute atomic E-state index is 0.276. The van der Waals surface area contributed by atoms with Crippen molar-refractivity contribution in [1.82, 2.24) is 0 Å². The van der Waals surface area contributed by atoms with Gasteiger partial charge in [-0.2, -0.15) is 0 Å². The van der Waals surface area contributed by atoms with E-state index in [-0.39, 0.29) is 5.91 Å². The maximum Gasteiger partial charge on any atom is 0.259 e. The molecular formula is C13H7INO3-. The van der Waals surface area contributed by atoms with Crippen molar-refractivity contribution in [2.75, 3.05) is 11.4 Å². The van der Waals surface area contributed by atoms with Crippen LogP contribution in [0.1, 0.15) is 10.4 Å². The van der Waals surface area contributed by atoms with Gasteiger partial charge in [0.25, 0.3) is 5.91 Å². The summed E-state index contributed by atoms with van der Waals surface area (Å²) in [4.78, 5) is 24.1. The molecule has 0 bridgehead atoms.